The van der Waals surface area contributed by atoms with Crippen molar-refractivity contribution >= 4 is 5.82 Å². The normalized spacial score (nSPS) is 10.1. The highest BCUT2D eigenvalue weighted by atomic mass is 19.1. The molecule has 2 aromatic rings. The predicted octanol–water partition coefficient (Wildman–Crippen LogP) is 1.86. The van der Waals surface area contributed by atoms with Crippen molar-refractivity contribution in [3.63, 3.8) is 0 Å². The monoisotopic (exact) mass is 189 g/mol. The van der Waals surface area contributed by atoms with Gasteiger partial charge in [-0.05, 0) is 18.2 Å². The summed E-state index contributed by atoms with van der Waals surface area (Å²) >= 11 is 0. The molecule has 0 aliphatic heterocycles. The van der Waals surface area contributed by atoms with Crippen molar-refractivity contribution in [1.29, 1.82) is 0 Å². The number of nitrogen functional groups attached to an aromatic ring is 1. The van der Waals surface area contributed by atoms with Gasteiger partial charge in [-0.3, -0.25) is 4.98 Å². The lowest BCUT2D eigenvalue weighted by molar-refractivity contribution is 0.622. The maximum Gasteiger partial charge on any atom is 0.142 e. The highest BCUT2D eigenvalue weighted by Gasteiger charge is 2.03. The molecule has 0 unspecified atom stereocenters. The molecule has 0 radical (unpaired) electrons. The minimum Gasteiger partial charge on any atom is -0.383 e. The van der Waals surface area contributed by atoms with E-state index >= 15 is 0 Å². The average Bonchev–Trinajstić information content (AvgIpc) is 2.18. The van der Waals surface area contributed by atoms with Crippen molar-refractivity contribution in [3.05, 3.63) is 42.6 Å². The van der Waals surface area contributed by atoms with Crippen molar-refractivity contribution in [2.75, 3.05) is 5.73 Å². The molecule has 0 atom stereocenters. The Hall–Kier alpha value is -1.97. The first kappa shape index (κ1) is 8.62. The van der Waals surface area contributed by atoms with Crippen molar-refractivity contribution in [2.45, 2.75) is 0 Å². The number of aromatic nitrogens is 2. The Balaban J connectivity index is 2.55. The standard InChI is InChI=1S/C10H8FN3/c11-8-4-7(5-13-6-8)9-2-1-3-14-10(9)12/h1-6H,(H2,12,14). The molecule has 0 fully saturated rings. The van der Waals surface area contributed by atoms with Gasteiger partial charge in [0.1, 0.15) is 11.6 Å². The van der Waals surface area contributed by atoms with E-state index in [0.717, 1.165) is 6.20 Å². The molecule has 4 heteroatoms. The molecular formula is C10H8FN3. The summed E-state index contributed by atoms with van der Waals surface area (Å²) in [6.45, 7) is 0. The molecule has 0 aliphatic rings. The number of pyridine rings is 2. The summed E-state index contributed by atoms with van der Waals surface area (Å²) < 4.78 is 12.9. The number of halogens is 1. The molecule has 2 rings (SSSR count). The lowest BCUT2D eigenvalue weighted by Gasteiger charge is -2.03. The molecule has 0 spiro atoms. The number of rotatable bonds is 1. The number of nitrogens with two attached hydrogens (primary N) is 1. The van der Waals surface area contributed by atoms with Crippen LogP contribution in [-0.4, -0.2) is 9.97 Å². The summed E-state index contributed by atoms with van der Waals surface area (Å²) in [6.07, 6.45) is 4.29. The molecule has 0 saturated heterocycles. The Labute approximate surface area is 80.4 Å². The van der Waals surface area contributed by atoms with Crippen LogP contribution < -0.4 is 5.73 Å². The Morgan fingerprint density at radius 2 is 2.14 bits per heavy atom. The highest BCUT2D eigenvalue weighted by molar-refractivity contribution is 5.72. The molecule has 3 nitrogen and oxygen atoms in total. The zero-order chi connectivity index (χ0) is 9.97. The molecule has 0 aliphatic carbocycles. The Bertz CT molecular complexity index is 457. The van der Waals surface area contributed by atoms with E-state index in [1.165, 1.54) is 6.07 Å². The third-order valence-corrected chi connectivity index (χ3v) is 1.85. The summed E-state index contributed by atoms with van der Waals surface area (Å²) in [5, 5.41) is 0. The third kappa shape index (κ3) is 1.54. The number of nitrogens with zero attached hydrogens (tertiary/aromatic N) is 2. The number of hydrogen-bond acceptors (Lipinski definition) is 3. The van der Waals surface area contributed by atoms with Crippen LogP contribution >= 0.6 is 0 Å². The van der Waals surface area contributed by atoms with Crippen LogP contribution in [0.3, 0.4) is 0 Å². The lowest BCUT2D eigenvalue weighted by atomic mass is 10.1. The second kappa shape index (κ2) is 3.41. The van der Waals surface area contributed by atoms with Crippen LogP contribution in [0, 0.1) is 5.82 Å². The molecule has 14 heavy (non-hydrogen) atoms. The maximum atomic E-state index is 12.9. The molecule has 0 aromatic carbocycles. The largest absolute Gasteiger partial charge is 0.383 e. The molecule has 0 bridgehead atoms. The topological polar surface area (TPSA) is 51.8 Å². The van der Waals surface area contributed by atoms with Crippen molar-refractivity contribution in [1.82, 2.24) is 9.97 Å². The number of anilines is 1. The van der Waals surface area contributed by atoms with E-state index < -0.39 is 0 Å². The first-order valence-electron chi connectivity index (χ1n) is 4.09. The number of hydrogen-bond donors (Lipinski definition) is 1. The zero-order valence-electron chi connectivity index (χ0n) is 7.31. The van der Waals surface area contributed by atoms with E-state index in [4.69, 9.17) is 5.73 Å². The van der Waals surface area contributed by atoms with Crippen molar-refractivity contribution < 1.29 is 4.39 Å². The first-order valence-corrected chi connectivity index (χ1v) is 4.09. The zero-order valence-corrected chi connectivity index (χ0v) is 7.31. The molecule has 2 N–H and O–H groups in total. The van der Waals surface area contributed by atoms with E-state index in [2.05, 4.69) is 9.97 Å². The SMILES string of the molecule is Nc1ncccc1-c1cncc(F)c1. The smallest absolute Gasteiger partial charge is 0.142 e. The van der Waals surface area contributed by atoms with Gasteiger partial charge in [0, 0.05) is 23.5 Å². The third-order valence-electron chi connectivity index (χ3n) is 1.85. The van der Waals surface area contributed by atoms with E-state index in [1.54, 1.807) is 24.5 Å². The fourth-order valence-electron chi connectivity index (χ4n) is 1.22. The van der Waals surface area contributed by atoms with Gasteiger partial charge in [0.05, 0.1) is 6.20 Å². The van der Waals surface area contributed by atoms with Gasteiger partial charge in [-0.2, -0.15) is 0 Å². The Morgan fingerprint density at radius 3 is 2.86 bits per heavy atom. The van der Waals surface area contributed by atoms with Crippen LogP contribution in [0.1, 0.15) is 0 Å². The fourth-order valence-corrected chi connectivity index (χ4v) is 1.22. The Kier molecular flexibility index (Phi) is 2.10. The quantitative estimate of drug-likeness (QED) is 0.744. The molecule has 0 amide bonds. The van der Waals surface area contributed by atoms with Crippen molar-refractivity contribution in [2.24, 2.45) is 0 Å². The van der Waals surface area contributed by atoms with E-state index in [9.17, 15) is 4.39 Å². The van der Waals surface area contributed by atoms with Gasteiger partial charge in [-0.25, -0.2) is 9.37 Å². The van der Waals surface area contributed by atoms with Gasteiger partial charge in [0.2, 0.25) is 0 Å². The van der Waals surface area contributed by atoms with Gasteiger partial charge in [-0.1, -0.05) is 0 Å². The van der Waals surface area contributed by atoms with Gasteiger partial charge in [-0.15, -0.1) is 0 Å². The summed E-state index contributed by atoms with van der Waals surface area (Å²) in [5.41, 5.74) is 6.97. The summed E-state index contributed by atoms with van der Waals surface area (Å²) in [4.78, 5) is 7.66. The van der Waals surface area contributed by atoms with E-state index in [0.29, 0.717) is 16.9 Å². The van der Waals surface area contributed by atoms with E-state index in [-0.39, 0.29) is 5.82 Å². The second-order valence-corrected chi connectivity index (χ2v) is 2.83. The van der Waals surface area contributed by atoms with Crippen LogP contribution in [0.4, 0.5) is 10.2 Å². The van der Waals surface area contributed by atoms with Crippen LogP contribution in [0.5, 0.6) is 0 Å². The van der Waals surface area contributed by atoms with Crippen LogP contribution in [0.25, 0.3) is 11.1 Å². The minimum atomic E-state index is -0.384. The van der Waals surface area contributed by atoms with Crippen LogP contribution in [-0.2, 0) is 0 Å². The lowest BCUT2D eigenvalue weighted by Crippen LogP contribution is -1.93. The maximum absolute atomic E-state index is 12.9. The predicted molar refractivity (Wildman–Crippen MR) is 51.8 cm³/mol. The minimum absolute atomic E-state index is 0.375. The van der Waals surface area contributed by atoms with Gasteiger partial charge in [0.15, 0.2) is 0 Å². The fraction of sp³-hybridized carbons (Fsp3) is 0. The summed E-state index contributed by atoms with van der Waals surface area (Å²) in [6, 6.07) is 4.90. The molecule has 70 valence electrons. The second-order valence-electron chi connectivity index (χ2n) is 2.83. The Morgan fingerprint density at radius 1 is 1.29 bits per heavy atom. The molecular weight excluding hydrogens is 181 g/mol. The van der Waals surface area contributed by atoms with Gasteiger partial charge < -0.3 is 5.73 Å². The molecule has 2 aromatic heterocycles. The van der Waals surface area contributed by atoms with Crippen LogP contribution in [0.2, 0.25) is 0 Å². The highest BCUT2D eigenvalue weighted by Crippen LogP contribution is 2.22. The first-order chi connectivity index (χ1) is 6.77. The van der Waals surface area contributed by atoms with Gasteiger partial charge >= 0.3 is 0 Å². The summed E-state index contributed by atoms with van der Waals surface area (Å²) in [5.74, 6) is -0.00865. The van der Waals surface area contributed by atoms with Crippen molar-refractivity contribution in [3.8, 4) is 11.1 Å². The molecule has 0 saturated carbocycles. The molecule has 2 heterocycles. The van der Waals surface area contributed by atoms with Gasteiger partial charge in [0.25, 0.3) is 0 Å². The van der Waals surface area contributed by atoms with E-state index in [1.807, 2.05) is 0 Å². The van der Waals surface area contributed by atoms with Crippen LogP contribution in [0.15, 0.2) is 36.8 Å². The summed E-state index contributed by atoms with van der Waals surface area (Å²) in [7, 11) is 0. The average molecular weight is 189 g/mol.